The van der Waals surface area contributed by atoms with E-state index in [0.29, 0.717) is 23.6 Å². The number of benzene rings is 3. The molecule has 1 N–H and O–H groups in total. The molecule has 3 aromatic rings. The van der Waals surface area contributed by atoms with E-state index in [1.54, 1.807) is 24.3 Å². The van der Waals surface area contributed by atoms with Gasteiger partial charge in [0.05, 0.1) is 12.2 Å². The first-order valence-corrected chi connectivity index (χ1v) is 11.0. The normalized spacial score (nSPS) is 10.4. The fourth-order valence-electron chi connectivity index (χ4n) is 3.19. The molecule has 0 heterocycles. The Bertz CT molecular complexity index is 982. The van der Waals surface area contributed by atoms with Gasteiger partial charge >= 0.3 is 5.97 Å². The van der Waals surface area contributed by atoms with Crippen LogP contribution in [0.5, 0.6) is 5.75 Å². The van der Waals surface area contributed by atoms with E-state index in [4.69, 9.17) is 9.47 Å². The summed E-state index contributed by atoms with van der Waals surface area (Å²) in [6.45, 7) is 2.47. The van der Waals surface area contributed by atoms with Gasteiger partial charge in [0.1, 0.15) is 5.75 Å². The lowest BCUT2D eigenvalue weighted by Crippen LogP contribution is -2.20. The first-order valence-electron chi connectivity index (χ1n) is 11.0. The van der Waals surface area contributed by atoms with Crippen molar-refractivity contribution in [2.75, 3.05) is 18.5 Å². The fourth-order valence-corrected chi connectivity index (χ4v) is 3.19. The summed E-state index contributed by atoms with van der Waals surface area (Å²) in [5.74, 6) is 0.00176. The van der Waals surface area contributed by atoms with E-state index in [2.05, 4.69) is 12.2 Å². The molecule has 0 fully saturated rings. The first-order chi connectivity index (χ1) is 15.7. The van der Waals surface area contributed by atoms with Gasteiger partial charge in [-0.1, -0.05) is 68.7 Å². The number of amides is 1. The molecule has 5 heteroatoms. The quantitative estimate of drug-likeness (QED) is 0.294. The lowest BCUT2D eigenvalue weighted by molar-refractivity contribution is -0.118. The predicted molar refractivity (Wildman–Crippen MR) is 127 cm³/mol. The molecule has 32 heavy (non-hydrogen) atoms. The topological polar surface area (TPSA) is 64.6 Å². The van der Waals surface area contributed by atoms with Crippen molar-refractivity contribution in [2.45, 2.75) is 32.6 Å². The van der Waals surface area contributed by atoms with Gasteiger partial charge in [-0.15, -0.1) is 0 Å². The predicted octanol–water partition coefficient (Wildman–Crippen LogP) is 6.11. The largest absolute Gasteiger partial charge is 0.484 e. The molecule has 0 bridgehead atoms. The Hall–Kier alpha value is -3.60. The minimum absolute atomic E-state index is 0.105. The Kier molecular flexibility index (Phi) is 8.87. The molecule has 3 aromatic carbocycles. The van der Waals surface area contributed by atoms with E-state index in [1.165, 1.54) is 0 Å². The maximum absolute atomic E-state index is 12.2. The zero-order chi connectivity index (χ0) is 22.6. The zero-order valence-electron chi connectivity index (χ0n) is 18.4. The van der Waals surface area contributed by atoms with Crippen molar-refractivity contribution in [3.8, 4) is 16.9 Å². The summed E-state index contributed by atoms with van der Waals surface area (Å²) in [6.07, 6.45) is 4.23. The Morgan fingerprint density at radius 1 is 0.781 bits per heavy atom. The van der Waals surface area contributed by atoms with Gasteiger partial charge in [0.15, 0.2) is 6.61 Å². The maximum atomic E-state index is 12.2. The van der Waals surface area contributed by atoms with E-state index in [9.17, 15) is 9.59 Å². The number of anilines is 1. The van der Waals surface area contributed by atoms with Crippen molar-refractivity contribution in [3.05, 3.63) is 84.4 Å². The lowest BCUT2D eigenvalue weighted by atomic mass is 10.1. The molecule has 0 aliphatic carbocycles. The zero-order valence-corrected chi connectivity index (χ0v) is 18.4. The molecule has 5 nitrogen and oxygen atoms in total. The monoisotopic (exact) mass is 431 g/mol. The summed E-state index contributed by atoms with van der Waals surface area (Å²) in [5, 5.41) is 2.77. The van der Waals surface area contributed by atoms with Crippen LogP contribution in [-0.2, 0) is 9.53 Å². The van der Waals surface area contributed by atoms with Crippen LogP contribution in [0.4, 0.5) is 5.69 Å². The Labute approximate surface area is 189 Å². The summed E-state index contributed by atoms with van der Waals surface area (Å²) in [5.41, 5.74) is 3.27. The summed E-state index contributed by atoms with van der Waals surface area (Å²) < 4.78 is 10.9. The molecule has 1 amide bonds. The number of esters is 1. The van der Waals surface area contributed by atoms with Crippen molar-refractivity contribution < 1.29 is 19.1 Å². The van der Waals surface area contributed by atoms with Crippen molar-refractivity contribution in [1.82, 2.24) is 0 Å². The van der Waals surface area contributed by atoms with E-state index in [1.807, 2.05) is 54.6 Å². The molecule has 0 spiro atoms. The maximum Gasteiger partial charge on any atom is 0.338 e. The number of unbranched alkanes of at least 4 members (excludes halogenated alkanes) is 3. The van der Waals surface area contributed by atoms with Crippen molar-refractivity contribution in [3.63, 3.8) is 0 Å². The van der Waals surface area contributed by atoms with Crippen LogP contribution in [0.15, 0.2) is 78.9 Å². The van der Waals surface area contributed by atoms with Gasteiger partial charge in [-0.25, -0.2) is 4.79 Å². The van der Waals surface area contributed by atoms with Crippen molar-refractivity contribution in [1.29, 1.82) is 0 Å². The van der Waals surface area contributed by atoms with Crippen LogP contribution >= 0.6 is 0 Å². The Morgan fingerprint density at radius 2 is 1.47 bits per heavy atom. The van der Waals surface area contributed by atoms with Gasteiger partial charge in [0.25, 0.3) is 5.91 Å². The molecular weight excluding hydrogens is 402 g/mol. The van der Waals surface area contributed by atoms with Crippen molar-refractivity contribution >= 4 is 17.6 Å². The molecule has 0 radical (unpaired) electrons. The standard InChI is InChI=1S/C27H29NO4/c1-2-3-4-8-19-31-27(30)23-11-15-24(16-12-23)28-26(29)20-32-25-17-13-22(14-18-25)21-9-6-5-7-10-21/h5-7,9-18H,2-4,8,19-20H2,1H3,(H,28,29). The Balaban J connectivity index is 1.42. The van der Waals surface area contributed by atoms with Gasteiger partial charge in [0, 0.05) is 5.69 Å². The number of rotatable bonds is 11. The molecule has 0 saturated heterocycles. The highest BCUT2D eigenvalue weighted by molar-refractivity contribution is 5.93. The highest BCUT2D eigenvalue weighted by Gasteiger charge is 2.09. The van der Waals surface area contributed by atoms with Crippen LogP contribution in [-0.4, -0.2) is 25.1 Å². The van der Waals surface area contributed by atoms with Gasteiger partial charge in [-0.05, 0) is 53.9 Å². The van der Waals surface area contributed by atoms with Gasteiger partial charge in [-0.3, -0.25) is 4.79 Å². The van der Waals surface area contributed by atoms with Crippen LogP contribution in [0.1, 0.15) is 43.0 Å². The average molecular weight is 432 g/mol. The minimum Gasteiger partial charge on any atom is -0.484 e. The summed E-state index contributed by atoms with van der Waals surface area (Å²) in [7, 11) is 0. The average Bonchev–Trinajstić information content (AvgIpc) is 2.84. The number of carbonyl (C=O) groups excluding carboxylic acids is 2. The number of nitrogens with one attached hydrogen (secondary N) is 1. The molecule has 0 aliphatic heterocycles. The van der Waals surface area contributed by atoms with Crippen LogP contribution in [0, 0.1) is 0 Å². The summed E-state index contributed by atoms with van der Waals surface area (Å²) >= 11 is 0. The van der Waals surface area contributed by atoms with Gasteiger partial charge in [-0.2, -0.15) is 0 Å². The van der Waals surface area contributed by atoms with E-state index in [0.717, 1.165) is 36.8 Å². The molecule has 3 rings (SSSR count). The van der Waals surface area contributed by atoms with Crippen LogP contribution < -0.4 is 10.1 Å². The highest BCUT2D eigenvalue weighted by Crippen LogP contribution is 2.22. The molecule has 0 saturated carbocycles. The second-order valence-corrected chi connectivity index (χ2v) is 7.50. The molecule has 0 aliphatic rings. The fraction of sp³-hybridized carbons (Fsp3) is 0.259. The number of hydrogen-bond acceptors (Lipinski definition) is 4. The summed E-state index contributed by atoms with van der Waals surface area (Å²) in [6, 6.07) is 24.3. The molecule has 0 aromatic heterocycles. The third-order valence-electron chi connectivity index (χ3n) is 4.97. The van der Waals surface area contributed by atoms with Crippen LogP contribution in [0.2, 0.25) is 0 Å². The SMILES string of the molecule is CCCCCCOC(=O)c1ccc(NC(=O)COc2ccc(-c3ccccc3)cc2)cc1. The van der Waals surface area contributed by atoms with E-state index in [-0.39, 0.29) is 18.5 Å². The van der Waals surface area contributed by atoms with Crippen LogP contribution in [0.3, 0.4) is 0 Å². The Morgan fingerprint density at radius 3 is 2.16 bits per heavy atom. The third-order valence-corrected chi connectivity index (χ3v) is 4.97. The molecule has 0 atom stereocenters. The van der Waals surface area contributed by atoms with Crippen molar-refractivity contribution in [2.24, 2.45) is 0 Å². The number of hydrogen-bond donors (Lipinski definition) is 1. The highest BCUT2D eigenvalue weighted by atomic mass is 16.5. The molecule has 166 valence electrons. The van der Waals surface area contributed by atoms with Gasteiger partial charge in [0.2, 0.25) is 0 Å². The number of carbonyl (C=O) groups is 2. The number of ether oxygens (including phenoxy) is 2. The molecular formula is C27H29NO4. The van der Waals surface area contributed by atoms with E-state index >= 15 is 0 Å². The van der Waals surface area contributed by atoms with Gasteiger partial charge < -0.3 is 14.8 Å². The minimum atomic E-state index is -0.346. The lowest BCUT2D eigenvalue weighted by Gasteiger charge is -2.09. The second-order valence-electron chi connectivity index (χ2n) is 7.50. The molecule has 0 unspecified atom stereocenters. The third kappa shape index (κ3) is 7.27. The summed E-state index contributed by atoms with van der Waals surface area (Å²) in [4.78, 5) is 24.2. The van der Waals surface area contributed by atoms with E-state index < -0.39 is 0 Å². The smallest absolute Gasteiger partial charge is 0.338 e. The second kappa shape index (κ2) is 12.3. The van der Waals surface area contributed by atoms with Crippen LogP contribution in [0.25, 0.3) is 11.1 Å². The first kappa shape index (κ1) is 23.1.